The molecule has 19 heavy (non-hydrogen) atoms. The van der Waals surface area contributed by atoms with Crippen LogP contribution in [0.3, 0.4) is 0 Å². The number of nitrogens with two attached hydrogens (primary N) is 1. The first kappa shape index (κ1) is 12.3. The molecule has 3 rings (SSSR count). The van der Waals surface area contributed by atoms with E-state index < -0.39 is 12.3 Å². The largest absolute Gasteiger partial charge is 0.393 e. The fourth-order valence-corrected chi connectivity index (χ4v) is 2.95. The Kier molecular flexibility index (Phi) is 2.85. The van der Waals surface area contributed by atoms with E-state index in [1.54, 1.807) is 0 Å². The summed E-state index contributed by atoms with van der Waals surface area (Å²) < 4.78 is 7.71. The predicted octanol–water partition coefficient (Wildman–Crippen LogP) is 0.271. The Morgan fingerprint density at radius 2 is 2.47 bits per heavy atom. The van der Waals surface area contributed by atoms with Gasteiger partial charge < -0.3 is 15.6 Å². The smallest absolute Gasteiger partial charge is 0.311 e. The molecule has 100 valence electrons. The molecular formula is C11H12N4O3S. The SMILES string of the molecule is C=C1C[C@H](n2c(=O)sc3cnc(N)nc32)O[C@@H]1CO. The number of hydrogen-bond donors (Lipinski definition) is 2. The van der Waals surface area contributed by atoms with Gasteiger partial charge in [0.1, 0.15) is 12.3 Å². The monoisotopic (exact) mass is 280 g/mol. The van der Waals surface area contributed by atoms with Crippen LogP contribution in [0, 0.1) is 0 Å². The molecule has 1 saturated heterocycles. The molecule has 1 aliphatic heterocycles. The van der Waals surface area contributed by atoms with Crippen molar-refractivity contribution in [3.8, 4) is 0 Å². The third-order valence-corrected chi connectivity index (χ3v) is 3.92. The van der Waals surface area contributed by atoms with Crippen LogP contribution in [-0.4, -0.2) is 32.4 Å². The number of thiazole rings is 1. The lowest BCUT2D eigenvalue weighted by molar-refractivity contribution is -0.0153. The zero-order valence-electron chi connectivity index (χ0n) is 9.94. The number of nitrogens with zero attached hydrogens (tertiary/aromatic N) is 3. The van der Waals surface area contributed by atoms with Crippen molar-refractivity contribution < 1.29 is 9.84 Å². The van der Waals surface area contributed by atoms with Crippen molar-refractivity contribution in [1.82, 2.24) is 14.5 Å². The van der Waals surface area contributed by atoms with Gasteiger partial charge in [0.05, 0.1) is 17.5 Å². The lowest BCUT2D eigenvalue weighted by Crippen LogP contribution is -2.21. The molecule has 2 aromatic rings. The molecule has 0 aromatic carbocycles. The van der Waals surface area contributed by atoms with E-state index in [4.69, 9.17) is 15.6 Å². The van der Waals surface area contributed by atoms with Crippen LogP contribution in [0.5, 0.6) is 0 Å². The Bertz CT molecular complexity index is 708. The van der Waals surface area contributed by atoms with Crippen molar-refractivity contribution in [3.63, 3.8) is 0 Å². The van der Waals surface area contributed by atoms with Crippen molar-refractivity contribution in [2.45, 2.75) is 18.8 Å². The molecule has 0 aliphatic carbocycles. The molecule has 2 aromatic heterocycles. The molecule has 1 fully saturated rings. The molecule has 0 amide bonds. The molecule has 7 nitrogen and oxygen atoms in total. The first-order valence-electron chi connectivity index (χ1n) is 5.67. The highest BCUT2D eigenvalue weighted by Gasteiger charge is 2.31. The van der Waals surface area contributed by atoms with Gasteiger partial charge in [-0.05, 0) is 5.57 Å². The third-order valence-electron chi connectivity index (χ3n) is 3.04. The van der Waals surface area contributed by atoms with Crippen LogP contribution in [0.15, 0.2) is 23.1 Å². The van der Waals surface area contributed by atoms with E-state index >= 15 is 0 Å². The van der Waals surface area contributed by atoms with Crippen LogP contribution in [0.4, 0.5) is 5.95 Å². The quantitative estimate of drug-likeness (QED) is 0.765. The van der Waals surface area contributed by atoms with Gasteiger partial charge in [-0.25, -0.2) is 4.98 Å². The van der Waals surface area contributed by atoms with E-state index in [1.807, 2.05) is 0 Å². The Labute approximate surface area is 112 Å². The number of hydrogen-bond acceptors (Lipinski definition) is 7. The van der Waals surface area contributed by atoms with Crippen LogP contribution in [0.1, 0.15) is 12.6 Å². The fourth-order valence-electron chi connectivity index (χ4n) is 2.12. The molecule has 0 unspecified atom stereocenters. The highest BCUT2D eigenvalue weighted by molar-refractivity contribution is 7.16. The third kappa shape index (κ3) is 1.93. The van der Waals surface area contributed by atoms with Crippen LogP contribution >= 0.6 is 11.3 Å². The zero-order valence-corrected chi connectivity index (χ0v) is 10.8. The van der Waals surface area contributed by atoms with Gasteiger partial charge in [0.15, 0.2) is 5.65 Å². The molecule has 0 bridgehead atoms. The minimum Gasteiger partial charge on any atom is -0.393 e. The van der Waals surface area contributed by atoms with E-state index in [9.17, 15) is 4.79 Å². The number of rotatable bonds is 2. The molecule has 0 saturated carbocycles. The maximum Gasteiger partial charge on any atom is 0.311 e. The van der Waals surface area contributed by atoms with Gasteiger partial charge in [-0.15, -0.1) is 0 Å². The van der Waals surface area contributed by atoms with E-state index in [0.717, 1.165) is 16.9 Å². The summed E-state index contributed by atoms with van der Waals surface area (Å²) in [4.78, 5) is 19.8. The Balaban J connectivity index is 2.10. The molecule has 8 heteroatoms. The highest BCUT2D eigenvalue weighted by atomic mass is 32.1. The predicted molar refractivity (Wildman–Crippen MR) is 70.8 cm³/mol. The Hall–Kier alpha value is -1.77. The maximum absolute atomic E-state index is 12.0. The van der Waals surface area contributed by atoms with Crippen molar-refractivity contribution in [1.29, 1.82) is 0 Å². The second-order valence-electron chi connectivity index (χ2n) is 4.28. The lowest BCUT2D eigenvalue weighted by atomic mass is 10.1. The summed E-state index contributed by atoms with van der Waals surface area (Å²) in [7, 11) is 0. The van der Waals surface area contributed by atoms with Crippen molar-refractivity contribution in [3.05, 3.63) is 28.0 Å². The number of fused-ring (bicyclic) bond motifs is 1. The minimum atomic E-state index is -0.500. The minimum absolute atomic E-state index is 0.106. The maximum atomic E-state index is 12.0. The van der Waals surface area contributed by atoms with Crippen molar-refractivity contribution in [2.24, 2.45) is 0 Å². The van der Waals surface area contributed by atoms with Gasteiger partial charge in [0.2, 0.25) is 5.95 Å². The topological polar surface area (TPSA) is 103 Å². The van der Waals surface area contributed by atoms with Gasteiger partial charge in [-0.3, -0.25) is 9.36 Å². The summed E-state index contributed by atoms with van der Waals surface area (Å²) in [5.74, 6) is 0.106. The zero-order chi connectivity index (χ0) is 13.6. The Morgan fingerprint density at radius 1 is 1.68 bits per heavy atom. The van der Waals surface area contributed by atoms with Crippen molar-refractivity contribution in [2.75, 3.05) is 12.3 Å². The van der Waals surface area contributed by atoms with E-state index in [-0.39, 0.29) is 17.4 Å². The van der Waals surface area contributed by atoms with Gasteiger partial charge in [-0.2, -0.15) is 4.98 Å². The fraction of sp³-hybridized carbons (Fsp3) is 0.364. The molecule has 0 radical (unpaired) electrons. The number of ether oxygens (including phenoxy) is 1. The number of aliphatic hydroxyl groups is 1. The molecule has 3 N–H and O–H groups in total. The van der Waals surface area contributed by atoms with Crippen LogP contribution in [-0.2, 0) is 4.74 Å². The summed E-state index contributed by atoms with van der Waals surface area (Å²) in [6, 6.07) is 0. The lowest BCUT2D eigenvalue weighted by Gasteiger charge is -2.12. The number of aromatic nitrogens is 3. The average molecular weight is 280 g/mol. The first-order chi connectivity index (χ1) is 9.10. The van der Waals surface area contributed by atoms with E-state index in [1.165, 1.54) is 10.8 Å². The van der Waals surface area contributed by atoms with E-state index in [2.05, 4.69) is 16.5 Å². The number of nitrogen functional groups attached to an aromatic ring is 1. The van der Waals surface area contributed by atoms with Crippen molar-refractivity contribution >= 4 is 27.6 Å². The summed E-state index contributed by atoms with van der Waals surface area (Å²) in [5.41, 5.74) is 6.77. The highest BCUT2D eigenvalue weighted by Crippen LogP contribution is 2.33. The number of anilines is 1. The van der Waals surface area contributed by atoms with Gasteiger partial charge in [0, 0.05) is 6.42 Å². The summed E-state index contributed by atoms with van der Waals surface area (Å²) in [6.07, 6.45) is 1.06. The molecule has 2 atom stereocenters. The Morgan fingerprint density at radius 3 is 3.16 bits per heavy atom. The standard InChI is InChI=1S/C11H12N4O3S/c1-5-2-8(18-6(5)4-16)15-9-7(19-11(15)17)3-13-10(12)14-9/h3,6,8,16H,1-2,4H2,(H2,12,13,14)/t6-,8-/m1/s1. The molecule has 3 heterocycles. The second kappa shape index (κ2) is 4.41. The molecule has 1 aliphatic rings. The normalized spacial score (nSPS) is 23.3. The van der Waals surface area contributed by atoms with E-state index in [0.29, 0.717) is 16.8 Å². The average Bonchev–Trinajstić information content (AvgIpc) is 2.88. The number of aliphatic hydroxyl groups excluding tert-OH is 1. The van der Waals surface area contributed by atoms with Crippen LogP contribution in [0.2, 0.25) is 0 Å². The summed E-state index contributed by atoms with van der Waals surface area (Å²) >= 11 is 1.04. The second-order valence-corrected chi connectivity index (χ2v) is 5.27. The first-order valence-corrected chi connectivity index (χ1v) is 6.49. The van der Waals surface area contributed by atoms with Crippen LogP contribution < -0.4 is 10.6 Å². The van der Waals surface area contributed by atoms with Gasteiger partial charge >= 0.3 is 4.87 Å². The summed E-state index contributed by atoms with van der Waals surface area (Å²) in [6.45, 7) is 3.69. The van der Waals surface area contributed by atoms with Gasteiger partial charge in [0.25, 0.3) is 0 Å². The summed E-state index contributed by atoms with van der Waals surface area (Å²) in [5, 5.41) is 9.16. The molecule has 0 spiro atoms. The molecular weight excluding hydrogens is 268 g/mol. The van der Waals surface area contributed by atoms with Gasteiger partial charge in [-0.1, -0.05) is 17.9 Å². The van der Waals surface area contributed by atoms with Crippen LogP contribution in [0.25, 0.3) is 10.3 Å².